The molecule has 0 aliphatic rings. The van der Waals surface area contributed by atoms with Gasteiger partial charge < -0.3 is 10.5 Å². The molecule has 2 rings (SSSR count). The van der Waals surface area contributed by atoms with Crippen molar-refractivity contribution in [3.8, 4) is 5.75 Å². The van der Waals surface area contributed by atoms with Gasteiger partial charge in [-0.1, -0.05) is 24.3 Å². The van der Waals surface area contributed by atoms with Gasteiger partial charge in [-0.2, -0.15) is 0 Å². The van der Waals surface area contributed by atoms with Gasteiger partial charge >= 0.3 is 0 Å². The Morgan fingerprint density at radius 2 is 1.91 bits per heavy atom. The number of hydrogen-bond acceptors (Lipinski definition) is 3. The summed E-state index contributed by atoms with van der Waals surface area (Å²) < 4.78 is 18.6. The third-order valence-corrected chi connectivity index (χ3v) is 3.38. The van der Waals surface area contributed by atoms with Gasteiger partial charge in [0.15, 0.2) is 0 Å². The molecule has 0 atom stereocenters. The number of likely N-dealkylation sites (N-methyl/N-ethyl adjacent to an activating group) is 1. The van der Waals surface area contributed by atoms with Gasteiger partial charge in [0.25, 0.3) is 0 Å². The molecule has 2 N–H and O–H groups in total. The van der Waals surface area contributed by atoms with Gasteiger partial charge in [-0.3, -0.25) is 9.69 Å². The number of amides is 1. The predicted molar refractivity (Wildman–Crippen MR) is 87.6 cm³/mol. The van der Waals surface area contributed by atoms with Gasteiger partial charge in [0, 0.05) is 13.1 Å². The van der Waals surface area contributed by atoms with Crippen molar-refractivity contribution >= 4 is 5.91 Å². The molecule has 2 aromatic rings. The van der Waals surface area contributed by atoms with E-state index in [1.807, 2.05) is 31.3 Å². The summed E-state index contributed by atoms with van der Waals surface area (Å²) in [5.74, 6) is 0.135. The summed E-state index contributed by atoms with van der Waals surface area (Å²) in [6, 6.07) is 13.8. The highest BCUT2D eigenvalue weighted by Crippen LogP contribution is 2.14. The highest BCUT2D eigenvalue weighted by Gasteiger charge is 2.03. The lowest BCUT2D eigenvalue weighted by Gasteiger charge is -2.17. The number of ether oxygens (including phenoxy) is 1. The van der Waals surface area contributed by atoms with Crippen molar-refractivity contribution in [1.29, 1.82) is 0 Å². The summed E-state index contributed by atoms with van der Waals surface area (Å²) >= 11 is 0. The Morgan fingerprint density at radius 3 is 2.61 bits per heavy atom. The first-order chi connectivity index (χ1) is 11.0. The second kappa shape index (κ2) is 8.29. The van der Waals surface area contributed by atoms with E-state index in [-0.39, 0.29) is 18.1 Å². The molecule has 0 aliphatic carbocycles. The molecule has 1 amide bonds. The van der Waals surface area contributed by atoms with Gasteiger partial charge in [-0.05, 0) is 42.4 Å². The van der Waals surface area contributed by atoms with Gasteiger partial charge in [0.05, 0.1) is 6.42 Å². The molecule has 4 nitrogen and oxygen atoms in total. The zero-order valence-electron chi connectivity index (χ0n) is 13.2. The first-order valence-corrected chi connectivity index (χ1v) is 7.46. The molecule has 0 saturated carbocycles. The van der Waals surface area contributed by atoms with E-state index < -0.39 is 0 Å². The molecule has 0 spiro atoms. The van der Waals surface area contributed by atoms with Crippen LogP contribution in [0.15, 0.2) is 48.5 Å². The minimum Gasteiger partial charge on any atom is -0.492 e. The fourth-order valence-electron chi connectivity index (χ4n) is 2.25. The molecule has 0 saturated heterocycles. The Hall–Kier alpha value is -2.40. The maximum Gasteiger partial charge on any atom is 0.221 e. The summed E-state index contributed by atoms with van der Waals surface area (Å²) in [5.41, 5.74) is 7.08. The molecule has 23 heavy (non-hydrogen) atoms. The van der Waals surface area contributed by atoms with Crippen LogP contribution in [0.5, 0.6) is 5.75 Å². The third kappa shape index (κ3) is 6.08. The lowest BCUT2D eigenvalue weighted by molar-refractivity contribution is -0.117. The van der Waals surface area contributed by atoms with Crippen molar-refractivity contribution < 1.29 is 13.9 Å². The Bertz CT molecular complexity index is 644. The average molecular weight is 316 g/mol. The van der Waals surface area contributed by atoms with Gasteiger partial charge in [-0.25, -0.2) is 4.39 Å². The molecular weight excluding hydrogens is 295 g/mol. The molecule has 2 aromatic carbocycles. The summed E-state index contributed by atoms with van der Waals surface area (Å²) in [6.45, 7) is 1.99. The summed E-state index contributed by atoms with van der Waals surface area (Å²) in [5, 5.41) is 0. The van der Waals surface area contributed by atoms with Gasteiger partial charge in [-0.15, -0.1) is 0 Å². The number of carbonyl (C=O) groups is 1. The second-order valence-electron chi connectivity index (χ2n) is 5.50. The Balaban J connectivity index is 1.77. The lowest BCUT2D eigenvalue weighted by atomic mass is 10.1. The molecule has 0 aliphatic heterocycles. The quantitative estimate of drug-likeness (QED) is 0.813. The van der Waals surface area contributed by atoms with Crippen LogP contribution in [0.1, 0.15) is 11.1 Å². The number of rotatable bonds is 8. The first-order valence-electron chi connectivity index (χ1n) is 7.46. The van der Waals surface area contributed by atoms with Crippen LogP contribution in [-0.4, -0.2) is 31.0 Å². The van der Waals surface area contributed by atoms with Crippen molar-refractivity contribution in [2.45, 2.75) is 13.0 Å². The second-order valence-corrected chi connectivity index (χ2v) is 5.50. The maximum absolute atomic E-state index is 12.9. The van der Waals surface area contributed by atoms with Crippen molar-refractivity contribution in [1.82, 2.24) is 4.90 Å². The minimum atomic E-state index is -0.360. The third-order valence-electron chi connectivity index (χ3n) is 3.38. The lowest BCUT2D eigenvalue weighted by Crippen LogP contribution is -2.23. The zero-order chi connectivity index (χ0) is 16.7. The minimum absolute atomic E-state index is 0.210. The fraction of sp³-hybridized carbons (Fsp3) is 0.278. The van der Waals surface area contributed by atoms with Crippen LogP contribution in [0.25, 0.3) is 0 Å². The van der Waals surface area contributed by atoms with E-state index in [2.05, 4.69) is 4.90 Å². The van der Waals surface area contributed by atoms with Crippen LogP contribution in [0.4, 0.5) is 4.39 Å². The predicted octanol–water partition coefficient (Wildman–Crippen LogP) is 2.36. The summed E-state index contributed by atoms with van der Waals surface area (Å²) in [4.78, 5) is 13.0. The Morgan fingerprint density at radius 1 is 1.17 bits per heavy atom. The molecule has 0 unspecified atom stereocenters. The highest BCUT2D eigenvalue weighted by atomic mass is 19.1. The molecule has 0 bridgehead atoms. The number of halogens is 1. The van der Waals surface area contributed by atoms with Crippen molar-refractivity contribution in [3.05, 3.63) is 65.5 Å². The highest BCUT2D eigenvalue weighted by molar-refractivity contribution is 5.76. The number of benzene rings is 2. The van der Waals surface area contributed by atoms with Crippen molar-refractivity contribution in [2.24, 2.45) is 5.73 Å². The zero-order valence-corrected chi connectivity index (χ0v) is 13.2. The van der Waals surface area contributed by atoms with E-state index >= 15 is 0 Å². The standard InChI is InChI=1S/C18H21FN2O2/c1-21(13-14-5-7-16(19)8-6-14)9-10-23-17-4-2-3-15(11-17)12-18(20)22/h2-8,11H,9-10,12-13H2,1H3,(H2,20,22). The van der Waals surface area contributed by atoms with E-state index in [1.54, 1.807) is 12.1 Å². The van der Waals surface area contributed by atoms with Crippen LogP contribution < -0.4 is 10.5 Å². The van der Waals surface area contributed by atoms with Crippen LogP contribution >= 0.6 is 0 Å². The smallest absolute Gasteiger partial charge is 0.221 e. The van der Waals surface area contributed by atoms with Gasteiger partial charge in [0.1, 0.15) is 18.2 Å². The van der Waals surface area contributed by atoms with E-state index in [1.165, 1.54) is 12.1 Å². The largest absolute Gasteiger partial charge is 0.492 e. The number of hydrogen-bond donors (Lipinski definition) is 1. The van der Waals surface area contributed by atoms with E-state index in [0.29, 0.717) is 6.61 Å². The van der Waals surface area contributed by atoms with E-state index in [0.717, 1.165) is 30.0 Å². The average Bonchev–Trinajstić information content (AvgIpc) is 2.49. The topological polar surface area (TPSA) is 55.6 Å². The van der Waals surface area contributed by atoms with Crippen molar-refractivity contribution in [3.63, 3.8) is 0 Å². The normalized spacial score (nSPS) is 10.7. The fourth-order valence-corrected chi connectivity index (χ4v) is 2.25. The number of primary amides is 1. The first kappa shape index (κ1) is 17.0. The molecule has 0 heterocycles. The number of carbonyl (C=O) groups excluding carboxylic acids is 1. The van der Waals surface area contributed by atoms with Crippen molar-refractivity contribution in [2.75, 3.05) is 20.2 Å². The van der Waals surface area contributed by atoms with E-state index in [9.17, 15) is 9.18 Å². The molecule has 5 heteroatoms. The Kier molecular flexibility index (Phi) is 6.11. The van der Waals surface area contributed by atoms with Crippen LogP contribution in [0.2, 0.25) is 0 Å². The van der Waals surface area contributed by atoms with Crippen LogP contribution in [-0.2, 0) is 17.8 Å². The molecule has 0 fully saturated rings. The SMILES string of the molecule is CN(CCOc1cccc(CC(N)=O)c1)Cc1ccc(F)cc1. The molecule has 122 valence electrons. The van der Waals surface area contributed by atoms with Gasteiger partial charge in [0.2, 0.25) is 5.91 Å². The maximum atomic E-state index is 12.9. The number of nitrogens with two attached hydrogens (primary N) is 1. The van der Waals surface area contributed by atoms with E-state index in [4.69, 9.17) is 10.5 Å². The molecular formula is C18H21FN2O2. The van der Waals surface area contributed by atoms with Crippen LogP contribution in [0, 0.1) is 5.82 Å². The van der Waals surface area contributed by atoms with Crippen LogP contribution in [0.3, 0.4) is 0 Å². The number of nitrogens with zero attached hydrogens (tertiary/aromatic N) is 1. The monoisotopic (exact) mass is 316 g/mol. The molecule has 0 aromatic heterocycles. The summed E-state index contributed by atoms with van der Waals surface area (Å²) in [6.07, 6.45) is 0.210. The Labute approximate surface area is 135 Å². The molecule has 0 radical (unpaired) electrons. The summed E-state index contributed by atoms with van der Waals surface area (Å²) in [7, 11) is 1.98.